The highest BCUT2D eigenvalue weighted by Gasteiger charge is 2.30. The number of carbonyl (C=O) groups excluding carboxylic acids is 2. The van der Waals surface area contributed by atoms with Crippen LogP contribution in [0, 0.1) is 0 Å². The smallest absolute Gasteiger partial charge is 0.256 e. The average Bonchev–Trinajstić information content (AvgIpc) is 3.31. The summed E-state index contributed by atoms with van der Waals surface area (Å²) in [6.07, 6.45) is 6.49. The van der Waals surface area contributed by atoms with E-state index in [9.17, 15) is 9.59 Å². The molecular formula is C30H36N4O3. The molecule has 0 spiro atoms. The second kappa shape index (κ2) is 11.6. The van der Waals surface area contributed by atoms with Gasteiger partial charge in [-0.3, -0.25) is 9.59 Å². The summed E-state index contributed by atoms with van der Waals surface area (Å²) in [7, 11) is 3.20. The molecule has 0 aliphatic rings. The number of allylic oxidation sites excluding steroid dienone is 1. The van der Waals surface area contributed by atoms with E-state index in [2.05, 4.69) is 49.0 Å². The second-order valence-corrected chi connectivity index (χ2v) is 9.79. The molecule has 0 saturated heterocycles. The molecule has 0 radical (unpaired) electrons. The van der Waals surface area contributed by atoms with Gasteiger partial charge in [-0.1, -0.05) is 51.6 Å². The van der Waals surface area contributed by atoms with Crippen LogP contribution in [0.3, 0.4) is 0 Å². The van der Waals surface area contributed by atoms with Crippen LogP contribution in [0.1, 0.15) is 45.0 Å². The van der Waals surface area contributed by atoms with Crippen LogP contribution in [0.5, 0.6) is 5.75 Å². The van der Waals surface area contributed by atoms with Crippen molar-refractivity contribution in [1.29, 1.82) is 0 Å². The summed E-state index contributed by atoms with van der Waals surface area (Å²) < 4.78 is 5.27. The number of H-pyrrole nitrogens is 1. The summed E-state index contributed by atoms with van der Waals surface area (Å²) in [6.45, 7) is 11.9. The predicted molar refractivity (Wildman–Crippen MR) is 150 cm³/mol. The van der Waals surface area contributed by atoms with Gasteiger partial charge in [0.15, 0.2) is 0 Å². The molecule has 7 nitrogen and oxygen atoms in total. The molecule has 0 bridgehead atoms. The predicted octanol–water partition coefficient (Wildman–Crippen LogP) is 5.81. The lowest BCUT2D eigenvalue weighted by Crippen LogP contribution is -2.39. The maximum Gasteiger partial charge on any atom is 0.256 e. The van der Waals surface area contributed by atoms with Crippen LogP contribution in [-0.2, 0) is 15.0 Å². The number of hydrogen-bond acceptors (Lipinski definition) is 4. The van der Waals surface area contributed by atoms with Crippen LogP contribution >= 0.6 is 0 Å². The van der Waals surface area contributed by atoms with Crippen LogP contribution in [0.15, 0.2) is 85.2 Å². The number of rotatable bonds is 9. The molecule has 3 rings (SSSR count). The maximum absolute atomic E-state index is 13.7. The van der Waals surface area contributed by atoms with Crippen molar-refractivity contribution in [2.75, 3.05) is 19.5 Å². The summed E-state index contributed by atoms with van der Waals surface area (Å²) >= 11 is 0. The van der Waals surface area contributed by atoms with Crippen molar-refractivity contribution in [2.24, 2.45) is 0 Å². The zero-order valence-corrected chi connectivity index (χ0v) is 22.4. The molecular weight excluding hydrogens is 464 g/mol. The van der Waals surface area contributed by atoms with Gasteiger partial charge in [-0.05, 0) is 55.1 Å². The normalized spacial score (nSPS) is 12.9. The quantitative estimate of drug-likeness (QED) is 0.256. The van der Waals surface area contributed by atoms with E-state index in [-0.39, 0.29) is 17.2 Å². The number of anilines is 1. The van der Waals surface area contributed by atoms with E-state index < -0.39 is 6.04 Å². The van der Waals surface area contributed by atoms with E-state index in [0.29, 0.717) is 22.6 Å². The Hall–Kier alpha value is -4.26. The van der Waals surface area contributed by atoms with Gasteiger partial charge in [-0.15, -0.1) is 0 Å². The van der Waals surface area contributed by atoms with Gasteiger partial charge in [-0.2, -0.15) is 0 Å². The summed E-state index contributed by atoms with van der Waals surface area (Å²) in [5.74, 6) is 0.0110. The van der Waals surface area contributed by atoms with Crippen LogP contribution in [0.2, 0.25) is 0 Å². The summed E-state index contributed by atoms with van der Waals surface area (Å²) in [5.41, 5.74) is 3.78. The van der Waals surface area contributed by atoms with Gasteiger partial charge < -0.3 is 25.3 Å². The Morgan fingerprint density at radius 2 is 1.81 bits per heavy atom. The lowest BCUT2D eigenvalue weighted by molar-refractivity contribution is -0.134. The molecule has 37 heavy (non-hydrogen) atoms. The van der Waals surface area contributed by atoms with Crippen LogP contribution in [0.4, 0.5) is 5.69 Å². The Bertz CT molecular complexity index is 1330. The number of nitrogens with one attached hydrogen (secondary N) is 3. The van der Waals surface area contributed by atoms with Crippen LogP contribution < -0.4 is 15.4 Å². The molecule has 1 atom stereocenters. The third-order valence-corrected chi connectivity index (χ3v) is 6.03. The van der Waals surface area contributed by atoms with Crippen molar-refractivity contribution >= 4 is 28.4 Å². The minimum absolute atomic E-state index is 0.0242. The number of ether oxygens (including phenoxy) is 1. The lowest BCUT2D eigenvalue weighted by Gasteiger charge is -2.28. The minimum Gasteiger partial charge on any atom is -0.497 e. The number of aromatic amines is 1. The molecule has 2 amide bonds. The summed E-state index contributed by atoms with van der Waals surface area (Å²) in [6, 6.07) is 14.1. The molecule has 1 unspecified atom stereocenters. The van der Waals surface area contributed by atoms with Gasteiger partial charge in [-0.25, -0.2) is 0 Å². The van der Waals surface area contributed by atoms with Gasteiger partial charge in [0.05, 0.1) is 12.7 Å². The van der Waals surface area contributed by atoms with E-state index in [1.54, 1.807) is 56.8 Å². The molecule has 1 aromatic heterocycles. The van der Waals surface area contributed by atoms with Crippen molar-refractivity contribution in [3.05, 3.63) is 96.5 Å². The van der Waals surface area contributed by atoms with Crippen molar-refractivity contribution in [2.45, 2.75) is 39.2 Å². The first-order valence-corrected chi connectivity index (χ1v) is 12.1. The highest BCUT2D eigenvalue weighted by molar-refractivity contribution is 6.03. The lowest BCUT2D eigenvalue weighted by atomic mass is 9.92. The number of fused-ring (bicyclic) bond motifs is 1. The van der Waals surface area contributed by atoms with E-state index >= 15 is 0 Å². The van der Waals surface area contributed by atoms with Crippen LogP contribution in [-0.4, -0.2) is 35.9 Å². The van der Waals surface area contributed by atoms with Gasteiger partial charge >= 0.3 is 0 Å². The maximum atomic E-state index is 13.7. The van der Waals surface area contributed by atoms with Gasteiger partial charge in [0.1, 0.15) is 11.8 Å². The van der Waals surface area contributed by atoms with Gasteiger partial charge in [0, 0.05) is 40.9 Å². The number of likely N-dealkylation sites (N-methyl/N-ethyl adjacent to an activating group) is 1. The van der Waals surface area contributed by atoms with Crippen molar-refractivity contribution in [1.82, 2.24) is 15.2 Å². The Labute approximate surface area is 218 Å². The second-order valence-electron chi connectivity index (χ2n) is 9.79. The number of carbonyl (C=O) groups is 2. The number of benzene rings is 2. The van der Waals surface area contributed by atoms with Crippen molar-refractivity contribution < 1.29 is 14.3 Å². The molecule has 0 fully saturated rings. The minimum atomic E-state index is -0.886. The highest BCUT2D eigenvalue weighted by Crippen LogP contribution is 2.29. The zero-order valence-electron chi connectivity index (χ0n) is 22.4. The zero-order chi connectivity index (χ0) is 27.2. The average molecular weight is 501 g/mol. The van der Waals surface area contributed by atoms with Gasteiger partial charge in [0.2, 0.25) is 0 Å². The first kappa shape index (κ1) is 27.3. The molecule has 194 valence electrons. The van der Waals surface area contributed by atoms with Crippen molar-refractivity contribution in [3.8, 4) is 5.75 Å². The Kier molecular flexibility index (Phi) is 8.60. The fraction of sp³-hybridized carbons (Fsp3) is 0.267. The summed E-state index contributed by atoms with van der Waals surface area (Å²) in [5, 5.41) is 6.86. The highest BCUT2D eigenvalue weighted by atomic mass is 16.5. The number of hydrogen-bond donors (Lipinski definition) is 3. The topological polar surface area (TPSA) is 86.5 Å². The molecule has 1 heterocycles. The SMILES string of the molecule is C=CN/C=C(\C=C/C)C(=O)N(C)C(C(=O)Nc1ccc2[nH]c(C(C)(C)C)cc2c1)c1ccc(OC)cc1. The standard InChI is InChI=1S/C30H36N4O3/c1-8-10-21(19-31-9-2)29(36)34(6)27(20-11-14-24(37-7)15-12-20)28(35)32-23-13-16-25-22(17-23)18-26(33-25)30(3,4)5/h8-19,27,31,33H,2H2,1,3-7H3,(H,32,35)/b10-8-,21-19+. The fourth-order valence-electron chi connectivity index (χ4n) is 3.99. The largest absolute Gasteiger partial charge is 0.497 e. The monoisotopic (exact) mass is 500 g/mol. The third-order valence-electron chi connectivity index (χ3n) is 6.03. The fourth-order valence-corrected chi connectivity index (χ4v) is 3.99. The first-order valence-electron chi connectivity index (χ1n) is 12.1. The van der Waals surface area contributed by atoms with Crippen LogP contribution in [0.25, 0.3) is 10.9 Å². The molecule has 0 saturated carbocycles. The van der Waals surface area contributed by atoms with E-state index in [0.717, 1.165) is 16.6 Å². The third kappa shape index (κ3) is 6.50. The summed E-state index contributed by atoms with van der Waals surface area (Å²) in [4.78, 5) is 32.0. The number of aromatic nitrogens is 1. The first-order chi connectivity index (χ1) is 17.6. The molecule has 3 N–H and O–H groups in total. The van der Waals surface area contributed by atoms with E-state index in [4.69, 9.17) is 4.74 Å². The van der Waals surface area contributed by atoms with Crippen molar-refractivity contribution in [3.63, 3.8) is 0 Å². The van der Waals surface area contributed by atoms with E-state index in [1.165, 1.54) is 11.1 Å². The molecule has 7 heteroatoms. The number of methoxy groups -OCH3 is 1. The molecule has 3 aromatic rings. The molecule has 2 aromatic carbocycles. The van der Waals surface area contributed by atoms with E-state index in [1.807, 2.05) is 25.1 Å². The number of amides is 2. The Balaban J connectivity index is 1.97. The molecule has 0 aliphatic carbocycles. The Morgan fingerprint density at radius 1 is 1.11 bits per heavy atom. The number of nitrogens with zero attached hydrogens (tertiary/aromatic N) is 1. The van der Waals surface area contributed by atoms with Gasteiger partial charge in [0.25, 0.3) is 11.8 Å². The Morgan fingerprint density at radius 3 is 2.41 bits per heavy atom. The molecule has 0 aliphatic heterocycles.